The maximum Gasteiger partial charge on any atom is 0.226 e. The van der Waals surface area contributed by atoms with Crippen molar-refractivity contribution >= 4 is 36.5 Å². The molecule has 120 valence electrons. The Morgan fingerprint density at radius 2 is 2.14 bits per heavy atom. The predicted molar refractivity (Wildman–Crippen MR) is 88.0 cm³/mol. The van der Waals surface area contributed by atoms with Crippen LogP contribution in [0.4, 0.5) is 5.82 Å². The zero-order valence-corrected chi connectivity index (χ0v) is 13.7. The number of carbonyl (C=O) groups excluding carboxylic acids is 1. The number of nitrogens with one attached hydrogen (secondary N) is 1. The van der Waals surface area contributed by atoms with Crippen LogP contribution in [0.3, 0.4) is 0 Å². The molecule has 3 N–H and O–H groups in total. The number of nitrogens with two attached hydrogens (primary N) is 1. The van der Waals surface area contributed by atoms with E-state index >= 15 is 0 Å². The lowest BCUT2D eigenvalue weighted by atomic mass is 10.0. The van der Waals surface area contributed by atoms with Crippen molar-refractivity contribution in [3.63, 3.8) is 0 Å². The molecule has 2 rings (SSSR count). The van der Waals surface area contributed by atoms with Crippen LogP contribution in [-0.2, 0) is 4.79 Å². The van der Waals surface area contributed by atoms with Crippen molar-refractivity contribution in [2.75, 3.05) is 25.0 Å². The minimum Gasteiger partial charge on any atom is -0.366 e. The number of aromatic nitrogens is 2. The van der Waals surface area contributed by atoms with Gasteiger partial charge in [0.15, 0.2) is 0 Å². The van der Waals surface area contributed by atoms with E-state index in [0.717, 1.165) is 31.7 Å². The molecule has 1 saturated heterocycles. The number of nitrogens with zero attached hydrogens (tertiary/aromatic N) is 3. The smallest absolute Gasteiger partial charge is 0.226 e. The first-order valence-corrected chi connectivity index (χ1v) is 6.74. The lowest BCUT2D eigenvalue weighted by molar-refractivity contribution is -0.135. The van der Waals surface area contributed by atoms with Crippen LogP contribution in [0.1, 0.15) is 19.8 Å². The Kier molecular flexibility index (Phi) is 9.24. The van der Waals surface area contributed by atoms with Gasteiger partial charge in [-0.05, 0) is 25.0 Å². The van der Waals surface area contributed by atoms with Gasteiger partial charge >= 0.3 is 0 Å². The normalized spacial score (nSPS) is 16.4. The number of likely N-dealkylation sites (tertiary alicyclic amines) is 1. The number of rotatable bonds is 4. The highest BCUT2D eigenvalue weighted by molar-refractivity contribution is 5.85. The second kappa shape index (κ2) is 9.76. The van der Waals surface area contributed by atoms with Gasteiger partial charge in [0, 0.05) is 37.8 Å². The average Bonchev–Trinajstić information content (AvgIpc) is 2.47. The summed E-state index contributed by atoms with van der Waals surface area (Å²) in [5, 5.41) is 11.2. The second-order valence-electron chi connectivity index (χ2n) is 4.99. The molecule has 1 aromatic rings. The summed E-state index contributed by atoms with van der Waals surface area (Å²) in [4.78, 5) is 13.9. The van der Waals surface area contributed by atoms with Gasteiger partial charge in [0.1, 0.15) is 5.82 Å². The van der Waals surface area contributed by atoms with Crippen LogP contribution in [0.25, 0.3) is 0 Å². The van der Waals surface area contributed by atoms with E-state index in [-0.39, 0.29) is 36.6 Å². The van der Waals surface area contributed by atoms with Crippen molar-refractivity contribution in [1.82, 2.24) is 15.1 Å². The molecule has 0 aromatic carbocycles. The molecular formula is C13H23Cl2N5O. The Morgan fingerprint density at radius 1 is 1.48 bits per heavy atom. The van der Waals surface area contributed by atoms with Gasteiger partial charge in [-0.15, -0.1) is 29.9 Å². The van der Waals surface area contributed by atoms with E-state index in [0.29, 0.717) is 12.6 Å². The molecule has 1 aromatic heterocycles. The van der Waals surface area contributed by atoms with Gasteiger partial charge in [-0.1, -0.05) is 6.92 Å². The largest absolute Gasteiger partial charge is 0.366 e. The third kappa shape index (κ3) is 5.65. The molecule has 0 radical (unpaired) electrons. The number of amides is 1. The van der Waals surface area contributed by atoms with E-state index in [2.05, 4.69) is 15.5 Å². The molecule has 1 aliphatic heterocycles. The summed E-state index contributed by atoms with van der Waals surface area (Å²) in [6.45, 7) is 3.85. The van der Waals surface area contributed by atoms with Crippen molar-refractivity contribution < 1.29 is 4.79 Å². The highest BCUT2D eigenvalue weighted by Crippen LogP contribution is 2.16. The van der Waals surface area contributed by atoms with E-state index in [1.165, 1.54) is 0 Å². The Balaban J connectivity index is 0.00000200. The van der Waals surface area contributed by atoms with Crippen LogP contribution >= 0.6 is 24.8 Å². The zero-order chi connectivity index (χ0) is 13.7. The minimum absolute atomic E-state index is 0. The maximum atomic E-state index is 12.0. The van der Waals surface area contributed by atoms with Crippen LogP contribution in [-0.4, -0.2) is 46.7 Å². The maximum absolute atomic E-state index is 12.0. The molecule has 21 heavy (non-hydrogen) atoms. The van der Waals surface area contributed by atoms with Crippen molar-refractivity contribution in [3.05, 3.63) is 18.3 Å². The third-order valence-electron chi connectivity index (χ3n) is 3.51. The molecule has 0 bridgehead atoms. The molecule has 6 nitrogen and oxygen atoms in total. The molecular weight excluding hydrogens is 313 g/mol. The fourth-order valence-electron chi connectivity index (χ4n) is 2.24. The number of halogens is 2. The van der Waals surface area contributed by atoms with Gasteiger partial charge in [0.25, 0.3) is 0 Å². The molecule has 0 spiro atoms. The first-order chi connectivity index (χ1) is 9.20. The Hall–Kier alpha value is -1.11. The van der Waals surface area contributed by atoms with Gasteiger partial charge in [0.2, 0.25) is 5.91 Å². The quantitative estimate of drug-likeness (QED) is 0.866. The SMILES string of the molecule is CC(CN)C(=O)N1CCC(Nc2cccnn2)CC1.Cl.Cl. The van der Waals surface area contributed by atoms with Crippen molar-refractivity contribution in [1.29, 1.82) is 0 Å². The molecule has 2 heterocycles. The predicted octanol–water partition coefficient (Wildman–Crippen LogP) is 1.32. The minimum atomic E-state index is -0.0792. The van der Waals surface area contributed by atoms with Gasteiger partial charge < -0.3 is 16.0 Å². The average molecular weight is 336 g/mol. The lowest BCUT2D eigenvalue weighted by Crippen LogP contribution is -2.45. The second-order valence-corrected chi connectivity index (χ2v) is 4.99. The van der Waals surface area contributed by atoms with E-state index in [4.69, 9.17) is 5.73 Å². The summed E-state index contributed by atoms with van der Waals surface area (Å²) >= 11 is 0. The first-order valence-electron chi connectivity index (χ1n) is 6.74. The summed E-state index contributed by atoms with van der Waals surface area (Å²) in [6.07, 6.45) is 3.51. The molecule has 1 unspecified atom stereocenters. The van der Waals surface area contributed by atoms with Crippen molar-refractivity contribution in [2.24, 2.45) is 11.7 Å². The number of piperidine rings is 1. The van der Waals surface area contributed by atoms with Crippen molar-refractivity contribution in [3.8, 4) is 0 Å². The summed E-state index contributed by atoms with van der Waals surface area (Å²) in [5.74, 6) is 0.882. The van der Waals surface area contributed by atoms with Gasteiger partial charge in [-0.2, -0.15) is 5.10 Å². The zero-order valence-electron chi connectivity index (χ0n) is 12.1. The van der Waals surface area contributed by atoms with Crippen LogP contribution in [0.15, 0.2) is 18.3 Å². The van der Waals surface area contributed by atoms with Gasteiger partial charge in [-0.3, -0.25) is 4.79 Å². The van der Waals surface area contributed by atoms with E-state index in [9.17, 15) is 4.79 Å². The molecule has 1 aliphatic rings. The summed E-state index contributed by atoms with van der Waals surface area (Å²) in [7, 11) is 0. The van der Waals surface area contributed by atoms with E-state index < -0.39 is 0 Å². The summed E-state index contributed by atoms with van der Waals surface area (Å²) < 4.78 is 0. The molecule has 8 heteroatoms. The van der Waals surface area contributed by atoms with Crippen LogP contribution in [0, 0.1) is 5.92 Å². The van der Waals surface area contributed by atoms with Crippen LogP contribution in [0.2, 0.25) is 0 Å². The first kappa shape index (κ1) is 19.9. The molecule has 1 fully saturated rings. The van der Waals surface area contributed by atoms with Crippen LogP contribution in [0.5, 0.6) is 0 Å². The summed E-state index contributed by atoms with van der Waals surface area (Å²) in [5.41, 5.74) is 5.53. The van der Waals surface area contributed by atoms with E-state index in [1.807, 2.05) is 24.0 Å². The fraction of sp³-hybridized carbons (Fsp3) is 0.615. The topological polar surface area (TPSA) is 84.1 Å². The fourth-order valence-corrected chi connectivity index (χ4v) is 2.24. The monoisotopic (exact) mass is 335 g/mol. The molecule has 0 saturated carbocycles. The number of carbonyl (C=O) groups is 1. The number of anilines is 1. The lowest BCUT2D eigenvalue weighted by Gasteiger charge is -2.33. The highest BCUT2D eigenvalue weighted by Gasteiger charge is 2.25. The Labute approximate surface area is 137 Å². The number of hydrogen-bond donors (Lipinski definition) is 2. The number of hydrogen-bond acceptors (Lipinski definition) is 5. The van der Waals surface area contributed by atoms with E-state index in [1.54, 1.807) is 6.20 Å². The molecule has 1 amide bonds. The van der Waals surface area contributed by atoms with Crippen molar-refractivity contribution in [2.45, 2.75) is 25.8 Å². The highest BCUT2D eigenvalue weighted by atomic mass is 35.5. The molecule has 0 aliphatic carbocycles. The van der Waals surface area contributed by atoms with Gasteiger partial charge in [-0.25, -0.2) is 0 Å². The van der Waals surface area contributed by atoms with Gasteiger partial charge in [0.05, 0.1) is 0 Å². The Morgan fingerprint density at radius 3 is 2.67 bits per heavy atom. The van der Waals surface area contributed by atoms with Crippen LogP contribution < -0.4 is 11.1 Å². The molecule has 1 atom stereocenters. The Bertz CT molecular complexity index is 412. The summed E-state index contributed by atoms with van der Waals surface area (Å²) in [6, 6.07) is 4.12. The third-order valence-corrected chi connectivity index (χ3v) is 3.51. The standard InChI is InChI=1S/C13H21N5O.2ClH/c1-10(9-14)13(19)18-7-4-11(5-8-18)16-12-3-2-6-15-17-12;;/h2-3,6,10-11H,4-5,7-9,14H2,1H3,(H,16,17);2*1H.